The van der Waals surface area contributed by atoms with Crippen LogP contribution in [0.2, 0.25) is 0 Å². The molecule has 1 rings (SSSR count). The normalized spacial score (nSPS) is 12.2. The Hall–Kier alpha value is -1.99. The van der Waals surface area contributed by atoms with Crippen molar-refractivity contribution in [1.82, 2.24) is 5.32 Å². The summed E-state index contributed by atoms with van der Waals surface area (Å²) in [5, 5.41) is 11.1. The number of rotatable bonds is 5. The highest BCUT2D eigenvalue weighted by Crippen LogP contribution is 2.06. The van der Waals surface area contributed by atoms with Gasteiger partial charge in [-0.25, -0.2) is 9.18 Å². The minimum atomic E-state index is -1.29. The van der Waals surface area contributed by atoms with Crippen molar-refractivity contribution >= 4 is 11.9 Å². The van der Waals surface area contributed by atoms with Gasteiger partial charge in [0.05, 0.1) is 0 Å². The third-order valence-corrected chi connectivity index (χ3v) is 2.25. The van der Waals surface area contributed by atoms with Crippen LogP contribution in [0.15, 0.2) is 24.3 Å². The number of benzene rings is 1. The Morgan fingerprint density at radius 2 is 2.06 bits per heavy atom. The number of hydrogen-bond acceptors (Lipinski definition) is 4. The summed E-state index contributed by atoms with van der Waals surface area (Å²) in [6.45, 7) is 0. The molecule has 1 unspecified atom stereocenters. The predicted octanol–water partition coefficient (Wildman–Crippen LogP) is -0.819. The Balaban J connectivity index is 2.75. The third kappa shape index (κ3) is 4.11. The molecule has 6 nitrogen and oxygen atoms in total. The zero-order valence-corrected chi connectivity index (χ0v) is 9.47. The second kappa shape index (κ2) is 6.08. The molecule has 0 aliphatic rings. The SMILES string of the molecule is NC(N)C(=O)NC(Cc1cccc(F)c1)C(=O)O. The fourth-order valence-corrected chi connectivity index (χ4v) is 1.37. The van der Waals surface area contributed by atoms with Crippen molar-refractivity contribution in [2.24, 2.45) is 11.5 Å². The van der Waals surface area contributed by atoms with Crippen molar-refractivity contribution in [3.05, 3.63) is 35.6 Å². The van der Waals surface area contributed by atoms with Crippen LogP contribution in [0.3, 0.4) is 0 Å². The number of amides is 1. The van der Waals surface area contributed by atoms with Crippen LogP contribution in [0.5, 0.6) is 0 Å². The molecule has 0 spiro atoms. The van der Waals surface area contributed by atoms with Crippen molar-refractivity contribution in [3.63, 3.8) is 0 Å². The van der Waals surface area contributed by atoms with Gasteiger partial charge in [-0.15, -0.1) is 0 Å². The van der Waals surface area contributed by atoms with E-state index in [0.29, 0.717) is 5.56 Å². The van der Waals surface area contributed by atoms with Gasteiger partial charge in [-0.3, -0.25) is 4.79 Å². The average Bonchev–Trinajstić information content (AvgIpc) is 2.27. The van der Waals surface area contributed by atoms with Gasteiger partial charge in [0, 0.05) is 6.42 Å². The van der Waals surface area contributed by atoms with Gasteiger partial charge in [-0.05, 0) is 17.7 Å². The number of nitrogens with two attached hydrogens (primary N) is 2. The minimum absolute atomic E-state index is 0.0500. The van der Waals surface area contributed by atoms with Gasteiger partial charge in [0.25, 0.3) is 5.91 Å². The third-order valence-electron chi connectivity index (χ3n) is 2.25. The van der Waals surface area contributed by atoms with Gasteiger partial charge < -0.3 is 21.9 Å². The van der Waals surface area contributed by atoms with Crippen LogP contribution in [-0.2, 0) is 16.0 Å². The molecular formula is C11H14FN3O3. The lowest BCUT2D eigenvalue weighted by molar-refractivity contribution is -0.141. The van der Waals surface area contributed by atoms with Crippen LogP contribution in [0.25, 0.3) is 0 Å². The molecule has 0 saturated heterocycles. The maximum Gasteiger partial charge on any atom is 0.326 e. The highest BCUT2D eigenvalue weighted by Gasteiger charge is 2.22. The van der Waals surface area contributed by atoms with Gasteiger partial charge in [-0.2, -0.15) is 0 Å². The van der Waals surface area contributed by atoms with Gasteiger partial charge in [0.15, 0.2) is 0 Å². The Bertz CT molecular complexity index is 451. The molecule has 0 saturated carbocycles. The second-order valence-electron chi connectivity index (χ2n) is 3.76. The average molecular weight is 255 g/mol. The molecule has 6 N–H and O–H groups in total. The Morgan fingerprint density at radius 1 is 1.39 bits per heavy atom. The molecule has 0 bridgehead atoms. The van der Waals surface area contributed by atoms with E-state index in [0.717, 1.165) is 0 Å². The summed E-state index contributed by atoms with van der Waals surface area (Å²) in [7, 11) is 0. The predicted molar refractivity (Wildman–Crippen MR) is 61.8 cm³/mol. The molecule has 0 radical (unpaired) electrons. The first kappa shape index (κ1) is 14.1. The molecule has 0 fully saturated rings. The van der Waals surface area contributed by atoms with Crippen molar-refractivity contribution in [1.29, 1.82) is 0 Å². The zero-order valence-electron chi connectivity index (χ0n) is 9.47. The van der Waals surface area contributed by atoms with Crippen LogP contribution in [0, 0.1) is 5.82 Å². The highest BCUT2D eigenvalue weighted by molar-refractivity contribution is 5.86. The van der Waals surface area contributed by atoms with E-state index in [1.54, 1.807) is 6.07 Å². The molecule has 0 aliphatic carbocycles. The first-order valence-electron chi connectivity index (χ1n) is 5.19. The monoisotopic (exact) mass is 255 g/mol. The van der Waals surface area contributed by atoms with Gasteiger partial charge in [0.2, 0.25) is 0 Å². The van der Waals surface area contributed by atoms with Crippen molar-refractivity contribution < 1.29 is 19.1 Å². The molecule has 1 amide bonds. The molecule has 1 aromatic rings. The molecule has 1 aromatic carbocycles. The number of carbonyl (C=O) groups excluding carboxylic acids is 1. The summed E-state index contributed by atoms with van der Waals surface area (Å²) in [6.07, 6.45) is -1.34. The van der Waals surface area contributed by atoms with Gasteiger partial charge in [0.1, 0.15) is 18.0 Å². The number of halogens is 1. The van der Waals surface area contributed by atoms with Crippen molar-refractivity contribution in [2.75, 3.05) is 0 Å². The van der Waals surface area contributed by atoms with Gasteiger partial charge >= 0.3 is 5.97 Å². The van der Waals surface area contributed by atoms with Crippen molar-refractivity contribution in [2.45, 2.75) is 18.6 Å². The first-order valence-corrected chi connectivity index (χ1v) is 5.19. The molecule has 18 heavy (non-hydrogen) atoms. The van der Waals surface area contributed by atoms with Crippen LogP contribution in [0.4, 0.5) is 4.39 Å². The van der Waals surface area contributed by atoms with Crippen LogP contribution < -0.4 is 16.8 Å². The molecular weight excluding hydrogens is 241 g/mol. The van der Waals surface area contributed by atoms with Crippen LogP contribution in [-0.4, -0.2) is 29.2 Å². The lowest BCUT2D eigenvalue weighted by atomic mass is 10.1. The number of hydrogen-bond donors (Lipinski definition) is 4. The zero-order chi connectivity index (χ0) is 13.7. The fourth-order valence-electron chi connectivity index (χ4n) is 1.37. The molecule has 7 heteroatoms. The minimum Gasteiger partial charge on any atom is -0.480 e. The standard InChI is InChI=1S/C11H14FN3O3/c12-7-3-1-2-6(4-7)5-8(11(17)18)15-10(16)9(13)14/h1-4,8-9H,5,13-14H2,(H,15,16)(H,17,18). The summed E-state index contributed by atoms with van der Waals surface area (Å²) in [6, 6.07) is 4.26. The molecule has 0 aromatic heterocycles. The van der Waals surface area contributed by atoms with E-state index in [9.17, 15) is 14.0 Å². The van der Waals surface area contributed by atoms with E-state index < -0.39 is 29.9 Å². The highest BCUT2D eigenvalue weighted by atomic mass is 19.1. The summed E-state index contributed by atoms with van der Waals surface area (Å²) < 4.78 is 12.9. The smallest absolute Gasteiger partial charge is 0.326 e. The van der Waals surface area contributed by atoms with Crippen LogP contribution >= 0.6 is 0 Å². The summed E-state index contributed by atoms with van der Waals surface area (Å²) >= 11 is 0. The number of aliphatic carboxylic acids is 1. The van der Waals surface area contributed by atoms with E-state index >= 15 is 0 Å². The maximum absolute atomic E-state index is 12.9. The number of carboxylic acid groups (broad SMARTS) is 1. The van der Waals surface area contributed by atoms with Crippen molar-refractivity contribution in [3.8, 4) is 0 Å². The Morgan fingerprint density at radius 3 is 2.56 bits per heavy atom. The van der Waals surface area contributed by atoms with E-state index in [-0.39, 0.29) is 6.42 Å². The molecule has 1 atom stereocenters. The summed E-state index contributed by atoms with van der Waals surface area (Å²) in [5.74, 6) is -2.49. The maximum atomic E-state index is 12.9. The largest absolute Gasteiger partial charge is 0.480 e. The molecule has 98 valence electrons. The second-order valence-corrected chi connectivity index (χ2v) is 3.76. The van der Waals surface area contributed by atoms with E-state index in [4.69, 9.17) is 16.6 Å². The number of carboxylic acids is 1. The lowest BCUT2D eigenvalue weighted by Gasteiger charge is -2.16. The summed E-state index contributed by atoms with van der Waals surface area (Å²) in [5.41, 5.74) is 10.7. The fraction of sp³-hybridized carbons (Fsp3) is 0.273. The Labute approximate surface area is 103 Å². The topological polar surface area (TPSA) is 118 Å². The van der Waals surface area contributed by atoms with Crippen LogP contribution in [0.1, 0.15) is 5.56 Å². The van der Waals surface area contributed by atoms with E-state index in [1.165, 1.54) is 18.2 Å². The van der Waals surface area contributed by atoms with Gasteiger partial charge in [-0.1, -0.05) is 12.1 Å². The van der Waals surface area contributed by atoms with E-state index in [1.807, 2.05) is 0 Å². The lowest BCUT2D eigenvalue weighted by Crippen LogP contribution is -2.52. The Kier molecular flexibility index (Phi) is 4.75. The summed E-state index contributed by atoms with van der Waals surface area (Å²) in [4.78, 5) is 22.2. The first-order chi connectivity index (χ1) is 8.40. The molecule has 0 heterocycles. The number of carbonyl (C=O) groups is 2. The quantitative estimate of drug-likeness (QED) is 0.513. The molecule has 0 aliphatic heterocycles. The van der Waals surface area contributed by atoms with E-state index in [2.05, 4.69) is 5.32 Å². The number of nitrogens with one attached hydrogen (secondary N) is 1.